The number of fused-ring (bicyclic) bond motifs is 1. The van der Waals surface area contributed by atoms with Crippen molar-refractivity contribution in [3.63, 3.8) is 0 Å². The zero-order chi connectivity index (χ0) is 25.2. The molecule has 0 bridgehead atoms. The first kappa shape index (κ1) is 23.6. The van der Waals surface area contributed by atoms with Crippen LogP contribution >= 0.6 is 11.8 Å². The lowest BCUT2D eigenvalue weighted by atomic mass is 10.00. The number of hydrogen-bond donors (Lipinski definition) is 3. The predicted octanol–water partition coefficient (Wildman–Crippen LogP) is 3.67. The summed E-state index contributed by atoms with van der Waals surface area (Å²) < 4.78 is 0. The molecule has 3 aliphatic heterocycles. The van der Waals surface area contributed by atoms with Crippen LogP contribution in [0.15, 0.2) is 84.4 Å². The van der Waals surface area contributed by atoms with E-state index in [0.717, 1.165) is 48.4 Å². The summed E-state index contributed by atoms with van der Waals surface area (Å²) in [4.78, 5) is 31.2. The van der Waals surface area contributed by atoms with E-state index in [9.17, 15) is 9.59 Å². The van der Waals surface area contributed by atoms with Gasteiger partial charge in [0, 0.05) is 50.2 Å². The van der Waals surface area contributed by atoms with E-state index in [1.807, 2.05) is 54.1 Å². The van der Waals surface area contributed by atoms with Gasteiger partial charge in [0.15, 0.2) is 5.50 Å². The normalized spacial score (nSPS) is 19.5. The van der Waals surface area contributed by atoms with Crippen LogP contribution in [0.25, 0.3) is 11.1 Å². The highest BCUT2D eigenvalue weighted by Gasteiger charge is 2.38. The van der Waals surface area contributed by atoms with Crippen molar-refractivity contribution < 1.29 is 9.59 Å². The van der Waals surface area contributed by atoms with Crippen molar-refractivity contribution >= 4 is 29.3 Å². The Labute approximate surface area is 220 Å². The van der Waals surface area contributed by atoms with Gasteiger partial charge in [0.05, 0.1) is 0 Å². The first-order valence-corrected chi connectivity index (χ1v) is 13.5. The molecule has 0 spiro atoms. The fraction of sp³-hybridized carbons (Fsp3) is 0.241. The molecule has 0 aliphatic carbocycles. The number of carbonyl (C=O) groups is 2. The van der Waals surface area contributed by atoms with Crippen molar-refractivity contribution in [2.24, 2.45) is 0 Å². The van der Waals surface area contributed by atoms with Gasteiger partial charge in [-0.1, -0.05) is 66.4 Å². The lowest BCUT2D eigenvalue weighted by Gasteiger charge is -2.29. The smallest absolute Gasteiger partial charge is 0.255 e. The van der Waals surface area contributed by atoms with E-state index >= 15 is 0 Å². The third kappa shape index (κ3) is 4.82. The summed E-state index contributed by atoms with van der Waals surface area (Å²) in [6.45, 7) is 4.41. The Morgan fingerprint density at radius 2 is 1.73 bits per heavy atom. The van der Waals surface area contributed by atoms with E-state index in [1.54, 1.807) is 4.90 Å². The van der Waals surface area contributed by atoms with Gasteiger partial charge in [-0.15, -0.1) is 0 Å². The van der Waals surface area contributed by atoms with Gasteiger partial charge in [-0.25, -0.2) is 0 Å². The summed E-state index contributed by atoms with van der Waals surface area (Å²) in [6, 6.07) is 23.4. The quantitative estimate of drug-likeness (QED) is 0.469. The number of carbonyl (C=O) groups excluding carboxylic acids is 2. The zero-order valence-corrected chi connectivity index (χ0v) is 21.2. The van der Waals surface area contributed by atoms with Gasteiger partial charge in [-0.3, -0.25) is 9.59 Å². The Morgan fingerprint density at radius 3 is 2.46 bits per heavy atom. The average molecular weight is 512 g/mol. The number of hydrogen-bond acceptors (Lipinski definition) is 6. The van der Waals surface area contributed by atoms with E-state index in [4.69, 9.17) is 0 Å². The summed E-state index contributed by atoms with van der Waals surface area (Å²) in [5.74, 6) is -0.326. The number of rotatable bonds is 6. The standard InChI is InChI=1S/C29H29N5O2S/c35-27(32-29-31-14-17-37-29)26(21-4-2-1-3-5-21)34-19-23-7-6-22(18-25(23)28(34)36)20-8-10-24(11-9-20)33-15-12-30-13-16-33/h1-11,14,17-18,26,29-31H,12-13,15-16,19H2,(H,32,35). The van der Waals surface area contributed by atoms with Crippen molar-refractivity contribution in [3.8, 4) is 11.1 Å². The fourth-order valence-corrected chi connectivity index (χ4v) is 5.83. The van der Waals surface area contributed by atoms with Crippen molar-refractivity contribution in [2.75, 3.05) is 31.1 Å². The number of amides is 2. The van der Waals surface area contributed by atoms with Gasteiger partial charge in [-0.05, 0) is 45.9 Å². The maximum Gasteiger partial charge on any atom is 0.255 e. The number of anilines is 1. The Balaban J connectivity index is 1.25. The Morgan fingerprint density at radius 1 is 0.973 bits per heavy atom. The molecule has 3 aromatic rings. The molecule has 3 N–H and O–H groups in total. The maximum atomic E-state index is 13.7. The predicted molar refractivity (Wildman–Crippen MR) is 148 cm³/mol. The molecular formula is C29H29N5O2S. The molecule has 2 amide bonds. The molecule has 8 heteroatoms. The molecule has 0 radical (unpaired) electrons. The largest absolute Gasteiger partial charge is 0.369 e. The molecule has 0 aromatic heterocycles. The van der Waals surface area contributed by atoms with Gasteiger partial charge in [0.2, 0.25) is 5.91 Å². The van der Waals surface area contributed by atoms with Gasteiger partial charge < -0.3 is 25.8 Å². The second-order valence-electron chi connectivity index (χ2n) is 9.40. The van der Waals surface area contributed by atoms with Crippen LogP contribution in [0.4, 0.5) is 5.69 Å². The molecule has 1 fully saturated rings. The maximum absolute atomic E-state index is 13.7. The third-order valence-electron chi connectivity index (χ3n) is 7.10. The summed E-state index contributed by atoms with van der Waals surface area (Å²) in [7, 11) is 0. The van der Waals surface area contributed by atoms with Gasteiger partial charge >= 0.3 is 0 Å². The molecule has 2 unspecified atom stereocenters. The average Bonchev–Trinajstić information content (AvgIpc) is 3.58. The van der Waals surface area contributed by atoms with Crippen LogP contribution < -0.4 is 20.9 Å². The summed E-state index contributed by atoms with van der Waals surface area (Å²) in [5.41, 5.74) is 5.44. The second kappa shape index (κ2) is 10.3. The van der Waals surface area contributed by atoms with Crippen molar-refractivity contribution in [3.05, 3.63) is 101 Å². The molecule has 2 atom stereocenters. The van der Waals surface area contributed by atoms with Crippen molar-refractivity contribution in [1.29, 1.82) is 0 Å². The molecule has 0 saturated carbocycles. The Hall–Kier alpha value is -3.75. The first-order chi connectivity index (χ1) is 18.2. The summed E-state index contributed by atoms with van der Waals surface area (Å²) in [6.07, 6.45) is 1.81. The molecule has 3 heterocycles. The van der Waals surface area contributed by atoms with E-state index in [0.29, 0.717) is 12.1 Å². The SMILES string of the molecule is O=C(NC1NC=CS1)C(c1ccccc1)N1Cc2ccc(-c3ccc(N4CCNCC4)cc3)cc2C1=O. The molecule has 7 nitrogen and oxygen atoms in total. The van der Waals surface area contributed by atoms with Crippen molar-refractivity contribution in [2.45, 2.75) is 18.1 Å². The monoisotopic (exact) mass is 511 g/mol. The van der Waals surface area contributed by atoms with Crippen LogP contribution in [0.5, 0.6) is 0 Å². The lowest BCUT2D eigenvalue weighted by Crippen LogP contribution is -2.46. The molecule has 6 rings (SSSR count). The van der Waals surface area contributed by atoms with E-state index in [1.165, 1.54) is 17.4 Å². The Bertz CT molecular complexity index is 1310. The highest BCUT2D eigenvalue weighted by molar-refractivity contribution is 8.02. The van der Waals surface area contributed by atoms with Gasteiger partial charge in [0.25, 0.3) is 5.91 Å². The van der Waals surface area contributed by atoms with Crippen LogP contribution in [0.2, 0.25) is 0 Å². The molecule has 3 aromatic carbocycles. The van der Waals surface area contributed by atoms with Crippen LogP contribution in [0.3, 0.4) is 0 Å². The van der Waals surface area contributed by atoms with E-state index < -0.39 is 6.04 Å². The molecule has 37 heavy (non-hydrogen) atoms. The molecule has 3 aliphatic rings. The highest BCUT2D eigenvalue weighted by Crippen LogP contribution is 2.35. The molecule has 188 valence electrons. The topological polar surface area (TPSA) is 76.7 Å². The van der Waals surface area contributed by atoms with Crippen LogP contribution in [0, 0.1) is 0 Å². The van der Waals surface area contributed by atoms with Crippen LogP contribution in [-0.2, 0) is 11.3 Å². The van der Waals surface area contributed by atoms with Gasteiger partial charge in [0.1, 0.15) is 6.04 Å². The summed E-state index contributed by atoms with van der Waals surface area (Å²) >= 11 is 1.49. The minimum absolute atomic E-state index is 0.122. The number of piperazine rings is 1. The number of benzene rings is 3. The second-order valence-corrected chi connectivity index (χ2v) is 10.4. The Kier molecular flexibility index (Phi) is 6.59. The number of nitrogens with zero attached hydrogens (tertiary/aromatic N) is 2. The minimum atomic E-state index is -0.717. The lowest BCUT2D eigenvalue weighted by molar-refractivity contribution is -0.126. The first-order valence-electron chi connectivity index (χ1n) is 12.6. The van der Waals surface area contributed by atoms with E-state index in [2.05, 4.69) is 51.2 Å². The van der Waals surface area contributed by atoms with E-state index in [-0.39, 0.29) is 17.3 Å². The highest BCUT2D eigenvalue weighted by atomic mass is 32.2. The number of thioether (sulfide) groups is 1. The third-order valence-corrected chi connectivity index (χ3v) is 7.92. The molecule has 1 saturated heterocycles. The number of nitrogens with one attached hydrogen (secondary N) is 3. The van der Waals surface area contributed by atoms with Crippen LogP contribution in [-0.4, -0.2) is 48.4 Å². The molecular weight excluding hydrogens is 482 g/mol. The van der Waals surface area contributed by atoms with Crippen LogP contribution in [0.1, 0.15) is 27.5 Å². The van der Waals surface area contributed by atoms with Gasteiger partial charge in [-0.2, -0.15) is 0 Å². The minimum Gasteiger partial charge on any atom is -0.369 e. The fourth-order valence-electron chi connectivity index (χ4n) is 5.18. The summed E-state index contributed by atoms with van der Waals surface area (Å²) in [5, 5.41) is 11.4. The zero-order valence-electron chi connectivity index (χ0n) is 20.4. The van der Waals surface area contributed by atoms with Crippen molar-refractivity contribution in [1.82, 2.24) is 20.9 Å².